The Labute approximate surface area is 268 Å². The average Bonchev–Trinajstić information content (AvgIpc) is 3.15. The lowest BCUT2D eigenvalue weighted by Crippen LogP contribution is -1.97. The molecule has 0 saturated heterocycles. The van der Waals surface area contributed by atoms with Gasteiger partial charge in [0.25, 0.3) is 0 Å². The van der Waals surface area contributed by atoms with E-state index in [1.54, 1.807) is 6.20 Å². The van der Waals surface area contributed by atoms with Crippen LogP contribution in [0.5, 0.6) is 0 Å². The van der Waals surface area contributed by atoms with Crippen molar-refractivity contribution in [3.8, 4) is 67.2 Å². The zero-order chi connectivity index (χ0) is 30.7. The molecule has 3 nitrogen and oxygen atoms in total. The molecule has 0 saturated carbocycles. The van der Waals surface area contributed by atoms with Crippen LogP contribution in [0.4, 0.5) is 0 Å². The molecule has 3 heteroatoms. The van der Waals surface area contributed by atoms with Crippen molar-refractivity contribution in [1.29, 1.82) is 0 Å². The summed E-state index contributed by atoms with van der Waals surface area (Å²) in [4.78, 5) is 14.9. The quantitative estimate of drug-likeness (QED) is 0.194. The highest BCUT2D eigenvalue weighted by Gasteiger charge is 2.15. The molecule has 0 radical (unpaired) electrons. The smallest absolute Gasteiger partial charge is 0.160 e. The van der Waals surface area contributed by atoms with Gasteiger partial charge in [-0.25, -0.2) is 9.97 Å². The number of benzene rings is 6. The summed E-state index contributed by atoms with van der Waals surface area (Å²) in [6.45, 7) is 0. The Morgan fingerprint density at radius 1 is 0.326 bits per heavy atom. The maximum atomic E-state index is 5.24. The maximum absolute atomic E-state index is 5.24. The molecule has 6 aromatic carbocycles. The second-order valence-electron chi connectivity index (χ2n) is 11.3. The molecule has 0 aliphatic carbocycles. The molecule has 8 rings (SSSR count). The molecule has 0 fully saturated rings. The van der Waals surface area contributed by atoms with Gasteiger partial charge in [0, 0.05) is 34.5 Å². The molecule has 8 aromatic rings. The molecule has 2 aromatic heterocycles. The van der Waals surface area contributed by atoms with Crippen LogP contribution in [0, 0.1) is 0 Å². The zero-order valence-corrected chi connectivity index (χ0v) is 25.1. The lowest BCUT2D eigenvalue weighted by Gasteiger charge is -2.14. The van der Waals surface area contributed by atoms with Crippen molar-refractivity contribution >= 4 is 10.9 Å². The van der Waals surface area contributed by atoms with E-state index >= 15 is 0 Å². The summed E-state index contributed by atoms with van der Waals surface area (Å²) in [5.74, 6) is 0.685. The van der Waals surface area contributed by atoms with Crippen molar-refractivity contribution < 1.29 is 0 Å². The minimum Gasteiger partial charge on any atom is -0.264 e. The third-order valence-electron chi connectivity index (χ3n) is 8.36. The van der Waals surface area contributed by atoms with E-state index in [4.69, 9.17) is 9.97 Å². The van der Waals surface area contributed by atoms with E-state index in [0.717, 1.165) is 61.1 Å². The minimum absolute atomic E-state index is 0.685. The molecular weight excluding hydrogens is 558 g/mol. The van der Waals surface area contributed by atoms with Gasteiger partial charge < -0.3 is 0 Å². The number of nitrogens with zero attached hydrogens (tertiary/aromatic N) is 3. The van der Waals surface area contributed by atoms with Crippen molar-refractivity contribution in [2.24, 2.45) is 0 Å². The van der Waals surface area contributed by atoms with Crippen LogP contribution < -0.4 is 0 Å². The topological polar surface area (TPSA) is 38.7 Å². The highest BCUT2D eigenvalue weighted by Crippen LogP contribution is 2.36. The van der Waals surface area contributed by atoms with Crippen molar-refractivity contribution in [1.82, 2.24) is 15.0 Å². The lowest BCUT2D eigenvalue weighted by atomic mass is 9.95. The minimum atomic E-state index is 0.685. The van der Waals surface area contributed by atoms with E-state index < -0.39 is 0 Å². The molecule has 0 atom stereocenters. The summed E-state index contributed by atoms with van der Waals surface area (Å²) in [5.41, 5.74) is 12.8. The summed E-state index contributed by atoms with van der Waals surface area (Å²) in [7, 11) is 0. The second kappa shape index (κ2) is 12.1. The normalized spacial score (nSPS) is 11.0. The molecular formula is C43H29N3. The third-order valence-corrected chi connectivity index (χ3v) is 8.36. The molecule has 0 unspecified atom stereocenters. The van der Waals surface area contributed by atoms with E-state index in [1.165, 1.54) is 11.1 Å². The Bertz CT molecular complexity index is 2260. The average molecular weight is 588 g/mol. The lowest BCUT2D eigenvalue weighted by molar-refractivity contribution is 1.23. The van der Waals surface area contributed by atoms with Crippen LogP contribution in [0.15, 0.2) is 176 Å². The molecule has 46 heavy (non-hydrogen) atoms. The molecule has 0 amide bonds. The van der Waals surface area contributed by atoms with E-state index in [9.17, 15) is 0 Å². The first kappa shape index (κ1) is 27.4. The maximum Gasteiger partial charge on any atom is 0.160 e. The van der Waals surface area contributed by atoms with Gasteiger partial charge in [-0.3, -0.25) is 4.98 Å². The van der Waals surface area contributed by atoms with E-state index in [-0.39, 0.29) is 0 Å². The number of hydrogen-bond acceptors (Lipinski definition) is 3. The predicted molar refractivity (Wildman–Crippen MR) is 190 cm³/mol. The largest absolute Gasteiger partial charge is 0.264 e. The summed E-state index contributed by atoms with van der Waals surface area (Å²) < 4.78 is 0. The highest BCUT2D eigenvalue weighted by atomic mass is 14.9. The fourth-order valence-electron chi connectivity index (χ4n) is 5.99. The Balaban J connectivity index is 1.32. The first-order valence-corrected chi connectivity index (χ1v) is 15.4. The Morgan fingerprint density at radius 3 is 1.46 bits per heavy atom. The second-order valence-corrected chi connectivity index (χ2v) is 11.3. The standard InChI is InChI=1S/C43H29N3/c1-4-11-30(12-5-1)32-18-20-33(21-19-32)37-25-38(36-17-10-24-44-29-36)27-39(26-37)43-45-41-28-35(31-13-6-2-7-14-31)22-23-40(41)42(46-43)34-15-8-3-9-16-34/h1-29H. The molecule has 0 spiro atoms. The predicted octanol–water partition coefficient (Wildman–Crippen LogP) is 11.0. The van der Waals surface area contributed by atoms with Crippen LogP contribution in [0.1, 0.15) is 0 Å². The fraction of sp³-hybridized carbons (Fsp3) is 0. The summed E-state index contributed by atoms with van der Waals surface area (Å²) >= 11 is 0. The molecule has 0 N–H and O–H groups in total. The van der Waals surface area contributed by atoms with Crippen molar-refractivity contribution in [3.05, 3.63) is 176 Å². The number of fused-ring (bicyclic) bond motifs is 1. The Morgan fingerprint density at radius 2 is 0.826 bits per heavy atom. The van der Waals surface area contributed by atoms with Gasteiger partial charge in [-0.1, -0.05) is 127 Å². The molecule has 0 bridgehead atoms. The van der Waals surface area contributed by atoms with E-state index in [2.05, 4.69) is 145 Å². The van der Waals surface area contributed by atoms with Gasteiger partial charge in [0.15, 0.2) is 5.82 Å². The zero-order valence-electron chi connectivity index (χ0n) is 25.1. The summed E-state index contributed by atoms with van der Waals surface area (Å²) in [6.07, 6.45) is 3.71. The van der Waals surface area contributed by atoms with Gasteiger partial charge in [0.1, 0.15) is 0 Å². The van der Waals surface area contributed by atoms with Crippen LogP contribution in [0.2, 0.25) is 0 Å². The van der Waals surface area contributed by atoms with Gasteiger partial charge >= 0.3 is 0 Å². The van der Waals surface area contributed by atoms with Gasteiger partial charge in [-0.15, -0.1) is 0 Å². The van der Waals surface area contributed by atoms with Crippen molar-refractivity contribution in [2.75, 3.05) is 0 Å². The monoisotopic (exact) mass is 587 g/mol. The first-order valence-electron chi connectivity index (χ1n) is 15.4. The molecule has 2 heterocycles. The number of aromatic nitrogens is 3. The van der Waals surface area contributed by atoms with Crippen LogP contribution in [-0.4, -0.2) is 15.0 Å². The highest BCUT2D eigenvalue weighted by molar-refractivity contribution is 5.96. The summed E-state index contributed by atoms with van der Waals surface area (Å²) in [6, 6.07) is 57.2. The molecule has 0 aliphatic rings. The summed E-state index contributed by atoms with van der Waals surface area (Å²) in [5, 5.41) is 1.02. The van der Waals surface area contributed by atoms with Crippen LogP contribution in [0.25, 0.3) is 78.1 Å². The number of pyridine rings is 1. The fourth-order valence-corrected chi connectivity index (χ4v) is 5.99. The van der Waals surface area contributed by atoms with Crippen LogP contribution >= 0.6 is 0 Å². The van der Waals surface area contributed by atoms with Crippen molar-refractivity contribution in [3.63, 3.8) is 0 Å². The van der Waals surface area contributed by atoms with Gasteiger partial charge in [-0.05, 0) is 75.3 Å². The third kappa shape index (κ3) is 5.47. The first-order chi connectivity index (χ1) is 22.8. The number of hydrogen-bond donors (Lipinski definition) is 0. The van der Waals surface area contributed by atoms with Crippen LogP contribution in [-0.2, 0) is 0 Å². The van der Waals surface area contributed by atoms with Gasteiger partial charge in [0.2, 0.25) is 0 Å². The SMILES string of the molecule is c1ccc(-c2ccc(-c3cc(-c4cccnc4)cc(-c4nc(-c5ccccc5)c5ccc(-c6ccccc6)cc5n4)c3)cc2)cc1. The molecule has 0 aliphatic heterocycles. The van der Waals surface area contributed by atoms with E-state index in [0.29, 0.717) is 5.82 Å². The van der Waals surface area contributed by atoms with Gasteiger partial charge in [0.05, 0.1) is 11.2 Å². The Kier molecular flexibility index (Phi) is 7.18. The van der Waals surface area contributed by atoms with E-state index in [1.807, 2.05) is 30.5 Å². The van der Waals surface area contributed by atoms with Crippen molar-refractivity contribution in [2.45, 2.75) is 0 Å². The van der Waals surface area contributed by atoms with Crippen LogP contribution in [0.3, 0.4) is 0 Å². The molecule has 216 valence electrons. The van der Waals surface area contributed by atoms with Gasteiger partial charge in [-0.2, -0.15) is 0 Å². The Hall–Kier alpha value is -6.19. The number of rotatable bonds is 6.